The van der Waals surface area contributed by atoms with Crippen LogP contribution >= 0.6 is 15.9 Å². The average molecular weight is 344 g/mol. The van der Waals surface area contributed by atoms with Gasteiger partial charge in [-0.3, -0.25) is 0 Å². The summed E-state index contributed by atoms with van der Waals surface area (Å²) in [4.78, 5) is 0. The molecule has 0 atom stereocenters. The molecule has 0 saturated carbocycles. The van der Waals surface area contributed by atoms with Gasteiger partial charge in [0.1, 0.15) is 0 Å². The summed E-state index contributed by atoms with van der Waals surface area (Å²) in [6.07, 6.45) is 1.88. The summed E-state index contributed by atoms with van der Waals surface area (Å²) in [5.41, 5.74) is 4.28. The zero-order valence-corrected chi connectivity index (χ0v) is 13.7. The molecule has 0 spiro atoms. The normalized spacial score (nSPS) is 10.3. The summed E-state index contributed by atoms with van der Waals surface area (Å²) in [5.74, 6) is 0. The van der Waals surface area contributed by atoms with Crippen LogP contribution in [0.4, 0.5) is 0 Å². The van der Waals surface area contributed by atoms with Gasteiger partial charge < -0.3 is 4.74 Å². The van der Waals surface area contributed by atoms with Crippen molar-refractivity contribution in [2.24, 2.45) is 0 Å². The fraction of sp³-hybridized carbons (Fsp3) is 0.278. The molecule has 0 amide bonds. The topological polar surface area (TPSA) is 33.0 Å². The molecule has 0 aliphatic rings. The second-order valence-electron chi connectivity index (χ2n) is 4.79. The Balaban J connectivity index is 2.27. The van der Waals surface area contributed by atoms with Crippen LogP contribution in [0.15, 0.2) is 46.9 Å². The first kappa shape index (κ1) is 15.8. The van der Waals surface area contributed by atoms with Crippen LogP contribution in [0, 0.1) is 11.3 Å². The van der Waals surface area contributed by atoms with Crippen LogP contribution in [-0.4, -0.2) is 13.2 Å². The Morgan fingerprint density at radius 3 is 2.57 bits per heavy atom. The lowest BCUT2D eigenvalue weighted by Crippen LogP contribution is -1.98. The number of ether oxygens (including phenoxy) is 1. The molecule has 2 rings (SSSR count). The van der Waals surface area contributed by atoms with Crippen molar-refractivity contribution in [2.75, 3.05) is 13.2 Å². The number of rotatable bonds is 6. The Labute approximate surface area is 134 Å². The minimum Gasteiger partial charge on any atom is -0.382 e. The average Bonchev–Trinajstić information content (AvgIpc) is 2.52. The molecule has 0 unspecified atom stereocenters. The quantitative estimate of drug-likeness (QED) is 0.694. The zero-order valence-electron chi connectivity index (χ0n) is 12.1. The van der Waals surface area contributed by atoms with E-state index in [1.165, 1.54) is 16.7 Å². The summed E-state index contributed by atoms with van der Waals surface area (Å²) in [6.45, 7) is 3.51. The maximum absolute atomic E-state index is 9.09. The van der Waals surface area contributed by atoms with Gasteiger partial charge in [-0.15, -0.1) is 0 Å². The van der Waals surface area contributed by atoms with Crippen molar-refractivity contribution in [1.82, 2.24) is 0 Å². The molecule has 108 valence electrons. The molecule has 3 heteroatoms. The molecular weight excluding hydrogens is 326 g/mol. The van der Waals surface area contributed by atoms with Crippen molar-refractivity contribution in [1.29, 1.82) is 5.26 Å². The number of benzene rings is 2. The molecule has 2 aromatic carbocycles. The van der Waals surface area contributed by atoms with Crippen molar-refractivity contribution in [2.45, 2.75) is 19.8 Å². The second-order valence-corrected chi connectivity index (χ2v) is 5.71. The van der Waals surface area contributed by atoms with Crippen LogP contribution in [0.5, 0.6) is 0 Å². The molecule has 0 aliphatic heterocycles. The van der Waals surface area contributed by atoms with E-state index in [0.717, 1.165) is 30.5 Å². The molecule has 2 nitrogen and oxygen atoms in total. The van der Waals surface area contributed by atoms with Gasteiger partial charge in [-0.1, -0.05) is 34.1 Å². The Kier molecular flexibility index (Phi) is 5.98. The van der Waals surface area contributed by atoms with E-state index in [0.29, 0.717) is 5.56 Å². The Bertz CT molecular complexity index is 629. The van der Waals surface area contributed by atoms with Crippen molar-refractivity contribution in [3.63, 3.8) is 0 Å². The highest BCUT2D eigenvalue weighted by molar-refractivity contribution is 9.10. The van der Waals surface area contributed by atoms with E-state index < -0.39 is 0 Å². The minimum absolute atomic E-state index is 0.710. The van der Waals surface area contributed by atoms with Crippen LogP contribution in [0.1, 0.15) is 24.5 Å². The predicted molar refractivity (Wildman–Crippen MR) is 89.1 cm³/mol. The van der Waals surface area contributed by atoms with Gasteiger partial charge in [-0.25, -0.2) is 0 Å². The number of hydrogen-bond donors (Lipinski definition) is 0. The van der Waals surface area contributed by atoms with E-state index in [9.17, 15) is 0 Å². The van der Waals surface area contributed by atoms with Crippen molar-refractivity contribution >= 4 is 15.9 Å². The summed E-state index contributed by atoms with van der Waals surface area (Å²) in [6, 6.07) is 16.4. The standard InChI is InChI=1S/C18H18BrNO/c1-2-21-11-3-4-16-12-14(13-20)5-10-18(16)15-6-8-17(19)9-7-15/h5-10,12H,2-4,11H2,1H3. The van der Waals surface area contributed by atoms with E-state index in [2.05, 4.69) is 34.1 Å². The Morgan fingerprint density at radius 1 is 1.14 bits per heavy atom. The highest BCUT2D eigenvalue weighted by Crippen LogP contribution is 2.27. The third-order valence-electron chi connectivity index (χ3n) is 3.33. The molecule has 0 aliphatic carbocycles. The number of nitrogens with zero attached hydrogens (tertiary/aromatic N) is 1. The van der Waals surface area contributed by atoms with Gasteiger partial charge in [-0.2, -0.15) is 5.26 Å². The van der Waals surface area contributed by atoms with E-state index in [1.54, 1.807) is 0 Å². The largest absolute Gasteiger partial charge is 0.382 e. The predicted octanol–water partition coefficient (Wildman–Crippen LogP) is 4.96. The molecule has 0 N–H and O–H groups in total. The Hall–Kier alpha value is -1.63. The van der Waals surface area contributed by atoms with Gasteiger partial charge in [0.15, 0.2) is 0 Å². The lowest BCUT2D eigenvalue weighted by Gasteiger charge is -2.11. The first-order valence-electron chi connectivity index (χ1n) is 7.11. The first-order valence-corrected chi connectivity index (χ1v) is 7.90. The monoisotopic (exact) mass is 343 g/mol. The lowest BCUT2D eigenvalue weighted by molar-refractivity contribution is 0.145. The van der Waals surface area contributed by atoms with Crippen LogP contribution < -0.4 is 0 Å². The highest BCUT2D eigenvalue weighted by atomic mass is 79.9. The smallest absolute Gasteiger partial charge is 0.0991 e. The summed E-state index contributed by atoms with van der Waals surface area (Å²) in [5, 5.41) is 9.09. The highest BCUT2D eigenvalue weighted by Gasteiger charge is 2.07. The molecule has 0 bridgehead atoms. The van der Waals surface area contributed by atoms with Crippen LogP contribution in [0.3, 0.4) is 0 Å². The maximum Gasteiger partial charge on any atom is 0.0991 e. The van der Waals surface area contributed by atoms with Gasteiger partial charge >= 0.3 is 0 Å². The molecule has 0 saturated heterocycles. The third kappa shape index (κ3) is 4.42. The first-order chi connectivity index (χ1) is 10.2. The number of hydrogen-bond acceptors (Lipinski definition) is 2. The van der Waals surface area contributed by atoms with Crippen molar-refractivity contribution in [3.05, 3.63) is 58.1 Å². The maximum atomic E-state index is 9.09. The summed E-state index contributed by atoms with van der Waals surface area (Å²) >= 11 is 3.46. The van der Waals surface area contributed by atoms with Gasteiger partial charge in [0.2, 0.25) is 0 Å². The van der Waals surface area contributed by atoms with Crippen LogP contribution in [-0.2, 0) is 11.2 Å². The van der Waals surface area contributed by atoms with E-state index >= 15 is 0 Å². The molecule has 0 radical (unpaired) electrons. The van der Waals surface area contributed by atoms with E-state index in [-0.39, 0.29) is 0 Å². The fourth-order valence-electron chi connectivity index (χ4n) is 2.29. The van der Waals surface area contributed by atoms with E-state index in [4.69, 9.17) is 10.00 Å². The summed E-state index contributed by atoms with van der Waals surface area (Å²) < 4.78 is 6.47. The molecule has 2 aromatic rings. The third-order valence-corrected chi connectivity index (χ3v) is 3.86. The van der Waals surface area contributed by atoms with Gasteiger partial charge in [-0.05, 0) is 60.7 Å². The van der Waals surface area contributed by atoms with Crippen molar-refractivity contribution in [3.8, 4) is 17.2 Å². The number of halogens is 1. The summed E-state index contributed by atoms with van der Waals surface area (Å²) in [7, 11) is 0. The second kappa shape index (κ2) is 7.97. The van der Waals surface area contributed by atoms with Crippen LogP contribution in [0.2, 0.25) is 0 Å². The van der Waals surface area contributed by atoms with Gasteiger partial charge in [0.05, 0.1) is 11.6 Å². The number of nitriles is 1. The Morgan fingerprint density at radius 2 is 1.90 bits per heavy atom. The molecule has 0 aromatic heterocycles. The minimum atomic E-state index is 0.710. The fourth-order valence-corrected chi connectivity index (χ4v) is 2.55. The lowest BCUT2D eigenvalue weighted by atomic mass is 9.95. The van der Waals surface area contributed by atoms with E-state index in [1.807, 2.05) is 37.3 Å². The number of aryl methyl sites for hydroxylation is 1. The van der Waals surface area contributed by atoms with Crippen molar-refractivity contribution < 1.29 is 4.74 Å². The zero-order chi connectivity index (χ0) is 15.1. The molecule has 0 heterocycles. The molecular formula is C18H18BrNO. The van der Waals surface area contributed by atoms with Gasteiger partial charge in [0.25, 0.3) is 0 Å². The van der Waals surface area contributed by atoms with Gasteiger partial charge in [0, 0.05) is 17.7 Å². The molecule has 0 fully saturated rings. The molecule has 21 heavy (non-hydrogen) atoms. The SMILES string of the molecule is CCOCCCc1cc(C#N)ccc1-c1ccc(Br)cc1. The van der Waals surface area contributed by atoms with Crippen LogP contribution in [0.25, 0.3) is 11.1 Å².